The van der Waals surface area contributed by atoms with E-state index in [4.69, 9.17) is 9.68 Å². The largest absolute Gasteiger partial charge is 0.431 e. The number of benzene rings is 1. The van der Waals surface area contributed by atoms with Crippen LogP contribution in [0, 0.1) is 18.3 Å². The SMILES string of the molecule is Cc1ccc2oc(SCc3nc(C(=O)N(CCC#N)Cc4cccnc4)cs3)nc2c1. The second-order valence-corrected chi connectivity index (χ2v) is 8.73. The molecule has 1 amide bonds. The maximum Gasteiger partial charge on any atom is 0.273 e. The second kappa shape index (κ2) is 9.73. The molecule has 0 spiro atoms. The Labute approximate surface area is 187 Å². The van der Waals surface area contributed by atoms with E-state index in [1.807, 2.05) is 37.3 Å². The lowest BCUT2D eigenvalue weighted by Crippen LogP contribution is -2.31. The highest BCUT2D eigenvalue weighted by Crippen LogP contribution is 2.28. The van der Waals surface area contributed by atoms with Gasteiger partial charge in [0.05, 0.1) is 18.2 Å². The molecule has 3 heterocycles. The van der Waals surface area contributed by atoms with Crippen LogP contribution in [0.25, 0.3) is 11.1 Å². The molecule has 7 nitrogen and oxygen atoms in total. The van der Waals surface area contributed by atoms with E-state index in [0.717, 1.165) is 27.2 Å². The van der Waals surface area contributed by atoms with Gasteiger partial charge in [-0.2, -0.15) is 5.26 Å². The number of nitrogens with zero attached hydrogens (tertiary/aromatic N) is 5. The first-order chi connectivity index (χ1) is 15.1. The van der Waals surface area contributed by atoms with E-state index in [2.05, 4.69) is 21.0 Å². The molecule has 0 saturated heterocycles. The fourth-order valence-corrected chi connectivity index (χ4v) is 4.61. The summed E-state index contributed by atoms with van der Waals surface area (Å²) in [6.45, 7) is 2.75. The number of amides is 1. The van der Waals surface area contributed by atoms with Crippen molar-refractivity contribution in [3.8, 4) is 6.07 Å². The molecule has 0 N–H and O–H groups in total. The Balaban J connectivity index is 1.42. The number of oxazole rings is 1. The molecule has 31 heavy (non-hydrogen) atoms. The van der Waals surface area contributed by atoms with Gasteiger partial charge in [0, 0.05) is 30.9 Å². The Morgan fingerprint density at radius 3 is 3.03 bits per heavy atom. The number of thiazole rings is 1. The van der Waals surface area contributed by atoms with Crippen LogP contribution in [0.15, 0.2) is 57.7 Å². The zero-order valence-corrected chi connectivity index (χ0v) is 18.4. The van der Waals surface area contributed by atoms with Gasteiger partial charge in [-0.3, -0.25) is 9.78 Å². The molecule has 0 saturated carbocycles. The third-order valence-corrected chi connectivity index (χ3v) is 6.36. The van der Waals surface area contributed by atoms with Crippen LogP contribution in [0.2, 0.25) is 0 Å². The molecule has 0 unspecified atom stereocenters. The van der Waals surface area contributed by atoms with E-state index in [9.17, 15) is 4.79 Å². The summed E-state index contributed by atoms with van der Waals surface area (Å²) >= 11 is 2.88. The van der Waals surface area contributed by atoms with E-state index < -0.39 is 0 Å². The number of aromatic nitrogens is 3. The number of fused-ring (bicyclic) bond motifs is 1. The van der Waals surface area contributed by atoms with Gasteiger partial charge < -0.3 is 9.32 Å². The van der Waals surface area contributed by atoms with Gasteiger partial charge in [-0.15, -0.1) is 11.3 Å². The van der Waals surface area contributed by atoms with Crippen LogP contribution in [0.1, 0.15) is 33.0 Å². The second-order valence-electron chi connectivity index (χ2n) is 6.86. The Bertz CT molecular complexity index is 1230. The van der Waals surface area contributed by atoms with Crippen LogP contribution >= 0.6 is 23.1 Å². The number of rotatable bonds is 8. The highest BCUT2D eigenvalue weighted by molar-refractivity contribution is 7.98. The third kappa shape index (κ3) is 5.29. The van der Waals surface area contributed by atoms with Crippen molar-refractivity contribution in [1.29, 1.82) is 5.26 Å². The molecule has 0 radical (unpaired) electrons. The lowest BCUT2D eigenvalue weighted by molar-refractivity contribution is 0.0741. The average molecular weight is 450 g/mol. The van der Waals surface area contributed by atoms with E-state index >= 15 is 0 Å². The number of hydrogen-bond donors (Lipinski definition) is 0. The van der Waals surface area contributed by atoms with Crippen molar-refractivity contribution in [3.05, 3.63) is 69.9 Å². The van der Waals surface area contributed by atoms with Gasteiger partial charge in [-0.25, -0.2) is 9.97 Å². The van der Waals surface area contributed by atoms with Crippen LogP contribution in [-0.2, 0) is 12.3 Å². The van der Waals surface area contributed by atoms with Gasteiger partial charge in [0.15, 0.2) is 5.58 Å². The minimum absolute atomic E-state index is 0.191. The highest BCUT2D eigenvalue weighted by Gasteiger charge is 2.19. The number of carbonyl (C=O) groups excluding carboxylic acids is 1. The van der Waals surface area contributed by atoms with Crippen molar-refractivity contribution in [2.45, 2.75) is 30.9 Å². The van der Waals surface area contributed by atoms with Crippen LogP contribution in [0.5, 0.6) is 0 Å². The fourth-order valence-electron chi connectivity index (χ4n) is 2.99. The van der Waals surface area contributed by atoms with Crippen molar-refractivity contribution in [1.82, 2.24) is 19.9 Å². The molecule has 0 aliphatic heterocycles. The molecular formula is C22H19N5O2S2. The Hall–Kier alpha value is -3.22. The number of hydrogen-bond acceptors (Lipinski definition) is 8. The van der Waals surface area contributed by atoms with Gasteiger partial charge >= 0.3 is 0 Å². The lowest BCUT2D eigenvalue weighted by Gasteiger charge is -2.20. The van der Waals surface area contributed by atoms with E-state index in [-0.39, 0.29) is 12.3 Å². The molecule has 0 aliphatic carbocycles. The maximum atomic E-state index is 13.0. The number of carbonyl (C=O) groups is 1. The predicted molar refractivity (Wildman–Crippen MR) is 120 cm³/mol. The molecule has 0 aliphatic rings. The summed E-state index contributed by atoms with van der Waals surface area (Å²) in [5.41, 5.74) is 4.02. The minimum atomic E-state index is -0.191. The summed E-state index contributed by atoms with van der Waals surface area (Å²) < 4.78 is 5.76. The summed E-state index contributed by atoms with van der Waals surface area (Å²) in [6.07, 6.45) is 3.67. The van der Waals surface area contributed by atoms with Crippen molar-refractivity contribution < 1.29 is 9.21 Å². The number of pyridine rings is 1. The van der Waals surface area contributed by atoms with Crippen molar-refractivity contribution in [2.24, 2.45) is 0 Å². The smallest absolute Gasteiger partial charge is 0.273 e. The Morgan fingerprint density at radius 1 is 1.32 bits per heavy atom. The maximum absolute atomic E-state index is 13.0. The molecule has 1 aromatic carbocycles. The molecule has 9 heteroatoms. The molecule has 4 aromatic rings. The van der Waals surface area contributed by atoms with Crippen LogP contribution < -0.4 is 0 Å². The predicted octanol–water partition coefficient (Wildman–Crippen LogP) is 4.84. The first-order valence-electron chi connectivity index (χ1n) is 9.62. The van der Waals surface area contributed by atoms with Gasteiger partial charge in [-0.1, -0.05) is 23.9 Å². The summed E-state index contributed by atoms with van der Waals surface area (Å²) in [5, 5.41) is 12.1. The zero-order valence-electron chi connectivity index (χ0n) is 16.8. The Morgan fingerprint density at radius 2 is 2.23 bits per heavy atom. The standard InChI is InChI=1S/C22H19N5O2S2/c1-15-5-6-19-17(10-15)26-22(29-19)31-14-20-25-18(13-30-20)21(28)27(9-3-7-23)12-16-4-2-8-24-11-16/h2,4-6,8,10-11,13H,3,9,12,14H2,1H3. The Kier molecular flexibility index (Phi) is 6.60. The summed E-state index contributed by atoms with van der Waals surface area (Å²) in [6, 6.07) is 11.7. The van der Waals surface area contributed by atoms with Crippen LogP contribution in [0.4, 0.5) is 0 Å². The van der Waals surface area contributed by atoms with Crippen molar-refractivity contribution in [3.63, 3.8) is 0 Å². The summed E-state index contributed by atoms with van der Waals surface area (Å²) in [4.78, 5) is 27.7. The molecule has 0 atom stereocenters. The molecule has 4 rings (SSSR count). The first-order valence-corrected chi connectivity index (χ1v) is 11.5. The van der Waals surface area contributed by atoms with E-state index in [1.165, 1.54) is 23.1 Å². The quantitative estimate of drug-likeness (QED) is 0.355. The molecular weight excluding hydrogens is 430 g/mol. The zero-order chi connectivity index (χ0) is 21.6. The summed E-state index contributed by atoms with van der Waals surface area (Å²) in [7, 11) is 0. The van der Waals surface area contributed by atoms with Crippen molar-refractivity contribution >= 4 is 40.1 Å². The topological polar surface area (TPSA) is 95.9 Å². The van der Waals surface area contributed by atoms with Gasteiger partial charge in [0.25, 0.3) is 11.1 Å². The number of nitriles is 1. The van der Waals surface area contributed by atoms with Crippen LogP contribution in [-0.4, -0.2) is 32.3 Å². The molecule has 3 aromatic heterocycles. The number of thioether (sulfide) groups is 1. The van der Waals surface area contributed by atoms with E-state index in [0.29, 0.717) is 29.8 Å². The molecule has 0 bridgehead atoms. The summed E-state index contributed by atoms with van der Waals surface area (Å²) in [5.74, 6) is 0.369. The van der Waals surface area contributed by atoms with Gasteiger partial charge in [0.1, 0.15) is 16.2 Å². The lowest BCUT2D eigenvalue weighted by atomic mass is 10.2. The number of aryl methyl sites for hydroxylation is 1. The van der Waals surface area contributed by atoms with Gasteiger partial charge in [0.2, 0.25) is 0 Å². The van der Waals surface area contributed by atoms with Crippen molar-refractivity contribution in [2.75, 3.05) is 6.54 Å². The highest BCUT2D eigenvalue weighted by atomic mass is 32.2. The fraction of sp³-hybridized carbons (Fsp3) is 0.227. The average Bonchev–Trinajstić information content (AvgIpc) is 3.41. The third-order valence-electron chi connectivity index (χ3n) is 4.49. The first kappa shape index (κ1) is 21.0. The normalized spacial score (nSPS) is 10.8. The monoisotopic (exact) mass is 449 g/mol. The van der Waals surface area contributed by atoms with Crippen LogP contribution in [0.3, 0.4) is 0 Å². The van der Waals surface area contributed by atoms with Gasteiger partial charge in [-0.05, 0) is 36.2 Å². The van der Waals surface area contributed by atoms with E-state index in [1.54, 1.807) is 22.7 Å². The minimum Gasteiger partial charge on any atom is -0.431 e. The molecule has 156 valence electrons. The molecule has 0 fully saturated rings.